The van der Waals surface area contributed by atoms with Crippen molar-refractivity contribution >= 4 is 29.0 Å². The van der Waals surface area contributed by atoms with Gasteiger partial charge in [-0.15, -0.1) is 10.2 Å². The van der Waals surface area contributed by atoms with Crippen LogP contribution in [-0.4, -0.2) is 35.3 Å². The maximum Gasteiger partial charge on any atom is 0.261 e. The van der Waals surface area contributed by atoms with Gasteiger partial charge in [-0.25, -0.2) is 4.98 Å². The number of aromatic nitrogens is 5. The van der Waals surface area contributed by atoms with E-state index >= 15 is 0 Å². The first-order valence-electron chi connectivity index (χ1n) is 9.81. The van der Waals surface area contributed by atoms with Gasteiger partial charge < -0.3 is 9.88 Å². The summed E-state index contributed by atoms with van der Waals surface area (Å²) in [5.41, 5.74) is 2.49. The fourth-order valence-corrected chi connectivity index (χ4v) is 4.01. The molecule has 31 heavy (non-hydrogen) atoms. The topological polar surface area (TPSA) is 94.2 Å². The van der Waals surface area contributed by atoms with E-state index in [1.807, 2.05) is 61.9 Å². The fraction of sp³-hybridized carbons (Fsp3) is 0.227. The van der Waals surface area contributed by atoms with Crippen LogP contribution in [0, 0.1) is 6.92 Å². The number of pyridine rings is 1. The zero-order valence-corrected chi connectivity index (χ0v) is 18.3. The van der Waals surface area contributed by atoms with Crippen molar-refractivity contribution in [3.8, 4) is 0 Å². The molecule has 0 bridgehead atoms. The number of anilines is 1. The molecular weight excluding hydrogens is 412 g/mol. The number of thioether (sulfide) groups is 1. The van der Waals surface area contributed by atoms with Crippen LogP contribution in [0.15, 0.2) is 64.7 Å². The lowest BCUT2D eigenvalue weighted by Gasteiger charge is -2.12. The van der Waals surface area contributed by atoms with E-state index in [-0.39, 0.29) is 16.7 Å². The lowest BCUT2D eigenvalue weighted by atomic mass is 10.1. The monoisotopic (exact) mass is 434 g/mol. The summed E-state index contributed by atoms with van der Waals surface area (Å²) in [6.07, 6.45) is 2.02. The highest BCUT2D eigenvalue weighted by atomic mass is 32.2. The molecule has 0 saturated carbocycles. The molecule has 0 aliphatic heterocycles. The summed E-state index contributed by atoms with van der Waals surface area (Å²) in [5, 5.41) is 11.6. The van der Waals surface area contributed by atoms with Crippen LogP contribution in [0.3, 0.4) is 0 Å². The van der Waals surface area contributed by atoms with Crippen LogP contribution in [0.5, 0.6) is 0 Å². The maximum absolute atomic E-state index is 12.9. The first-order chi connectivity index (χ1) is 14.9. The first-order valence-corrected chi connectivity index (χ1v) is 10.7. The van der Waals surface area contributed by atoms with E-state index in [0.717, 1.165) is 5.69 Å². The second-order valence-corrected chi connectivity index (χ2v) is 8.47. The van der Waals surface area contributed by atoms with Gasteiger partial charge in [0.05, 0.1) is 5.25 Å². The highest BCUT2D eigenvalue weighted by Gasteiger charge is 2.20. The third kappa shape index (κ3) is 4.36. The van der Waals surface area contributed by atoms with Crippen LogP contribution in [0.1, 0.15) is 24.0 Å². The summed E-state index contributed by atoms with van der Waals surface area (Å²) in [5.74, 6) is 0.518. The number of nitrogens with one attached hydrogen (secondary N) is 1. The summed E-state index contributed by atoms with van der Waals surface area (Å²) in [6, 6.07) is 14.8. The van der Waals surface area contributed by atoms with Gasteiger partial charge in [0.2, 0.25) is 5.91 Å². The molecule has 0 spiro atoms. The van der Waals surface area contributed by atoms with Gasteiger partial charge in [-0.05, 0) is 38.1 Å². The molecule has 9 heteroatoms. The third-order valence-corrected chi connectivity index (χ3v) is 6.12. The molecule has 0 saturated heterocycles. The van der Waals surface area contributed by atoms with Crippen LogP contribution in [0.4, 0.5) is 5.69 Å². The third-order valence-electron chi connectivity index (χ3n) is 4.99. The molecule has 3 heterocycles. The first kappa shape index (κ1) is 20.8. The van der Waals surface area contributed by atoms with Crippen molar-refractivity contribution in [3.63, 3.8) is 0 Å². The molecule has 0 fully saturated rings. The van der Waals surface area contributed by atoms with Gasteiger partial charge >= 0.3 is 0 Å². The molecule has 1 N–H and O–H groups in total. The lowest BCUT2D eigenvalue weighted by Crippen LogP contribution is -2.23. The van der Waals surface area contributed by atoms with Gasteiger partial charge in [0, 0.05) is 36.6 Å². The predicted octanol–water partition coefficient (Wildman–Crippen LogP) is 2.84. The highest BCUT2D eigenvalue weighted by Crippen LogP contribution is 2.23. The maximum atomic E-state index is 12.9. The molecule has 1 amide bonds. The Bertz CT molecular complexity index is 1300. The zero-order valence-electron chi connectivity index (χ0n) is 17.4. The van der Waals surface area contributed by atoms with Crippen molar-refractivity contribution in [1.82, 2.24) is 24.1 Å². The average Bonchev–Trinajstić information content (AvgIpc) is 3.11. The molecule has 0 radical (unpaired) electrons. The molecule has 4 aromatic rings. The van der Waals surface area contributed by atoms with Crippen LogP contribution in [0.25, 0.3) is 5.65 Å². The Hall–Kier alpha value is -3.46. The molecule has 0 aliphatic carbocycles. The van der Waals surface area contributed by atoms with Gasteiger partial charge in [-0.1, -0.05) is 36.0 Å². The minimum absolute atomic E-state index is 0.115. The van der Waals surface area contributed by atoms with Crippen LogP contribution < -0.4 is 10.9 Å². The van der Waals surface area contributed by atoms with E-state index in [4.69, 9.17) is 0 Å². The molecule has 1 atom stereocenters. The molecule has 3 aromatic heterocycles. The minimum Gasteiger partial charge on any atom is -0.325 e. The molecular formula is C22H22N6O2S. The molecule has 1 aromatic carbocycles. The minimum atomic E-state index is -0.370. The summed E-state index contributed by atoms with van der Waals surface area (Å²) < 4.78 is 3.35. The number of carbonyl (C=O) groups excluding carboxylic acids is 1. The Labute approximate surface area is 183 Å². The van der Waals surface area contributed by atoms with Crippen LogP contribution in [-0.2, 0) is 18.3 Å². The summed E-state index contributed by atoms with van der Waals surface area (Å²) in [6.45, 7) is 3.65. The SMILES string of the molecule is Cc1nc2ccccn2c(=O)c1Cc1nnc(SC(C)C(=O)Nc2ccccc2)n1C. The second-order valence-electron chi connectivity index (χ2n) is 7.16. The second kappa shape index (κ2) is 8.73. The van der Waals surface area contributed by atoms with Crippen molar-refractivity contribution in [1.29, 1.82) is 0 Å². The van der Waals surface area contributed by atoms with Crippen molar-refractivity contribution < 1.29 is 4.79 Å². The molecule has 1 unspecified atom stereocenters. The van der Waals surface area contributed by atoms with Gasteiger partial charge in [0.15, 0.2) is 5.16 Å². The number of fused-ring (bicyclic) bond motifs is 1. The molecule has 8 nitrogen and oxygen atoms in total. The fourth-order valence-electron chi connectivity index (χ4n) is 3.18. The quantitative estimate of drug-likeness (QED) is 0.469. The summed E-state index contributed by atoms with van der Waals surface area (Å²) in [4.78, 5) is 29.9. The normalized spacial score (nSPS) is 12.1. The number of nitrogens with zero attached hydrogens (tertiary/aromatic N) is 5. The number of amides is 1. The van der Waals surface area contributed by atoms with E-state index in [1.54, 1.807) is 18.3 Å². The van der Waals surface area contributed by atoms with Crippen molar-refractivity contribution in [2.24, 2.45) is 7.05 Å². The Morgan fingerprint density at radius 3 is 2.65 bits per heavy atom. The number of para-hydroxylation sites is 1. The van der Waals surface area contributed by atoms with Crippen molar-refractivity contribution in [3.05, 3.63) is 82.2 Å². The van der Waals surface area contributed by atoms with E-state index in [0.29, 0.717) is 34.3 Å². The Morgan fingerprint density at radius 2 is 1.87 bits per heavy atom. The number of aryl methyl sites for hydroxylation is 1. The van der Waals surface area contributed by atoms with Gasteiger partial charge in [0.25, 0.3) is 5.56 Å². The number of hydrogen-bond acceptors (Lipinski definition) is 6. The molecule has 158 valence electrons. The van der Waals surface area contributed by atoms with Gasteiger partial charge in [-0.2, -0.15) is 0 Å². The molecule has 0 aliphatic rings. The largest absolute Gasteiger partial charge is 0.325 e. The Morgan fingerprint density at radius 1 is 1.13 bits per heavy atom. The van der Waals surface area contributed by atoms with E-state index in [9.17, 15) is 9.59 Å². The molecule has 4 rings (SSSR count). The van der Waals surface area contributed by atoms with Crippen LogP contribution >= 0.6 is 11.8 Å². The summed E-state index contributed by atoms with van der Waals surface area (Å²) >= 11 is 1.32. The van der Waals surface area contributed by atoms with Gasteiger partial charge in [-0.3, -0.25) is 14.0 Å². The number of rotatable bonds is 6. The highest BCUT2D eigenvalue weighted by molar-refractivity contribution is 8.00. The smallest absolute Gasteiger partial charge is 0.261 e. The van der Waals surface area contributed by atoms with Crippen LogP contribution in [0.2, 0.25) is 0 Å². The van der Waals surface area contributed by atoms with Gasteiger partial charge in [0.1, 0.15) is 11.5 Å². The summed E-state index contributed by atoms with van der Waals surface area (Å²) in [7, 11) is 1.83. The zero-order chi connectivity index (χ0) is 22.0. The Kier molecular flexibility index (Phi) is 5.85. The predicted molar refractivity (Wildman–Crippen MR) is 120 cm³/mol. The van der Waals surface area contributed by atoms with Crippen molar-refractivity contribution in [2.45, 2.75) is 30.7 Å². The standard InChI is InChI=1S/C22H22N6O2S/c1-14-17(21(30)28-12-8-7-11-18(28)23-14)13-19-25-26-22(27(19)3)31-15(2)20(29)24-16-9-5-4-6-10-16/h4-12,15H,13H2,1-3H3,(H,24,29). The van der Waals surface area contributed by atoms with Crippen molar-refractivity contribution in [2.75, 3.05) is 5.32 Å². The number of carbonyl (C=O) groups is 1. The number of benzene rings is 1. The average molecular weight is 435 g/mol. The van der Waals surface area contributed by atoms with E-state index < -0.39 is 0 Å². The van der Waals surface area contributed by atoms with E-state index in [1.165, 1.54) is 16.2 Å². The van der Waals surface area contributed by atoms with E-state index in [2.05, 4.69) is 20.5 Å². The Balaban J connectivity index is 1.52. The lowest BCUT2D eigenvalue weighted by molar-refractivity contribution is -0.115. The number of hydrogen-bond donors (Lipinski definition) is 1.